The molecule has 1 aliphatic heterocycles. The fraction of sp³-hybridized carbons (Fsp3) is 0.214. The number of likely N-dealkylation sites (tertiary alicyclic amines) is 1. The quantitative estimate of drug-likeness (QED) is 0.226. The molecular weight excluding hydrogens is 526 g/mol. The Labute approximate surface area is 218 Å². The molecule has 1 fully saturated rings. The molecule has 0 bridgehead atoms. The summed E-state index contributed by atoms with van der Waals surface area (Å²) < 4.78 is 17.0. The molecular formula is C28H26BrNO6. The Kier molecular flexibility index (Phi) is 8.07. The highest BCUT2D eigenvalue weighted by atomic mass is 79.9. The van der Waals surface area contributed by atoms with Crippen molar-refractivity contribution in [2.45, 2.75) is 12.6 Å². The zero-order valence-corrected chi connectivity index (χ0v) is 21.5. The molecule has 1 aliphatic rings. The summed E-state index contributed by atoms with van der Waals surface area (Å²) in [6.45, 7) is 0.791. The topological polar surface area (TPSA) is 85.3 Å². The van der Waals surface area contributed by atoms with Gasteiger partial charge in [-0.3, -0.25) is 9.59 Å². The number of ether oxygens (including phenoxy) is 3. The van der Waals surface area contributed by atoms with Gasteiger partial charge < -0.3 is 24.2 Å². The molecule has 0 aliphatic carbocycles. The Morgan fingerprint density at radius 2 is 1.78 bits per heavy atom. The first-order chi connectivity index (χ1) is 17.4. The van der Waals surface area contributed by atoms with E-state index in [1.165, 1.54) is 19.1 Å². The van der Waals surface area contributed by atoms with Gasteiger partial charge in [-0.25, -0.2) is 0 Å². The van der Waals surface area contributed by atoms with Crippen LogP contribution in [0, 0.1) is 0 Å². The first-order valence-corrected chi connectivity index (χ1v) is 12.1. The zero-order valence-electron chi connectivity index (χ0n) is 19.9. The van der Waals surface area contributed by atoms with E-state index in [4.69, 9.17) is 14.2 Å². The maximum atomic E-state index is 13.2. The lowest BCUT2D eigenvalue weighted by Crippen LogP contribution is -2.32. The van der Waals surface area contributed by atoms with Gasteiger partial charge in [-0.1, -0.05) is 42.5 Å². The summed E-state index contributed by atoms with van der Waals surface area (Å²) in [4.78, 5) is 27.6. The molecule has 0 saturated carbocycles. The average molecular weight is 552 g/mol. The van der Waals surface area contributed by atoms with Gasteiger partial charge in [0.1, 0.15) is 23.9 Å². The largest absolute Gasteiger partial charge is 0.507 e. The maximum absolute atomic E-state index is 13.2. The van der Waals surface area contributed by atoms with Crippen LogP contribution in [0.15, 0.2) is 82.8 Å². The minimum absolute atomic E-state index is 0.00776. The Morgan fingerprint density at radius 3 is 2.47 bits per heavy atom. The molecule has 0 aromatic heterocycles. The number of ketones is 1. The third-order valence-corrected chi connectivity index (χ3v) is 6.54. The molecule has 0 radical (unpaired) electrons. The van der Waals surface area contributed by atoms with Gasteiger partial charge in [-0.15, -0.1) is 0 Å². The van der Waals surface area contributed by atoms with E-state index in [-0.39, 0.29) is 24.5 Å². The number of rotatable bonds is 9. The van der Waals surface area contributed by atoms with E-state index < -0.39 is 17.7 Å². The first-order valence-electron chi connectivity index (χ1n) is 11.3. The number of hydrogen-bond acceptors (Lipinski definition) is 6. The van der Waals surface area contributed by atoms with Crippen LogP contribution in [-0.2, 0) is 20.9 Å². The van der Waals surface area contributed by atoms with Crippen LogP contribution >= 0.6 is 15.9 Å². The van der Waals surface area contributed by atoms with Crippen molar-refractivity contribution < 1.29 is 28.9 Å². The van der Waals surface area contributed by atoms with Crippen molar-refractivity contribution in [3.05, 3.63) is 99.5 Å². The second kappa shape index (κ2) is 11.4. The lowest BCUT2D eigenvalue weighted by molar-refractivity contribution is -0.140. The van der Waals surface area contributed by atoms with Crippen LogP contribution in [0.1, 0.15) is 22.7 Å². The minimum atomic E-state index is -0.804. The zero-order chi connectivity index (χ0) is 25.7. The van der Waals surface area contributed by atoms with Gasteiger partial charge in [0, 0.05) is 19.2 Å². The molecule has 7 nitrogen and oxygen atoms in total. The van der Waals surface area contributed by atoms with Crippen LogP contribution < -0.4 is 9.47 Å². The average Bonchev–Trinajstić information content (AvgIpc) is 3.16. The van der Waals surface area contributed by atoms with Gasteiger partial charge in [0.25, 0.3) is 11.7 Å². The Bertz CT molecular complexity index is 1290. The molecule has 0 spiro atoms. The van der Waals surface area contributed by atoms with Crippen LogP contribution in [0.3, 0.4) is 0 Å². The lowest BCUT2D eigenvalue weighted by Gasteiger charge is -2.25. The molecule has 1 heterocycles. The van der Waals surface area contributed by atoms with Crippen molar-refractivity contribution in [1.29, 1.82) is 0 Å². The number of amides is 1. The smallest absolute Gasteiger partial charge is 0.295 e. The molecule has 3 aromatic carbocycles. The first kappa shape index (κ1) is 25.5. The van der Waals surface area contributed by atoms with Crippen molar-refractivity contribution in [3.8, 4) is 11.5 Å². The van der Waals surface area contributed by atoms with Gasteiger partial charge >= 0.3 is 0 Å². The van der Waals surface area contributed by atoms with E-state index in [9.17, 15) is 14.7 Å². The van der Waals surface area contributed by atoms with Crippen molar-refractivity contribution >= 4 is 33.4 Å². The summed E-state index contributed by atoms with van der Waals surface area (Å²) in [6.07, 6.45) is 0. The summed E-state index contributed by atoms with van der Waals surface area (Å²) in [5, 5.41) is 11.2. The van der Waals surface area contributed by atoms with E-state index in [0.29, 0.717) is 33.7 Å². The van der Waals surface area contributed by atoms with Gasteiger partial charge in [0.05, 0.1) is 29.8 Å². The van der Waals surface area contributed by atoms with Crippen molar-refractivity contribution in [2.75, 3.05) is 27.4 Å². The van der Waals surface area contributed by atoms with Crippen LogP contribution in [0.25, 0.3) is 5.76 Å². The number of methoxy groups -OCH3 is 2. The third kappa shape index (κ3) is 5.29. The highest BCUT2D eigenvalue weighted by Crippen LogP contribution is 2.41. The number of benzene rings is 3. The normalized spacial score (nSPS) is 16.9. The molecule has 1 N–H and O–H groups in total. The van der Waals surface area contributed by atoms with Crippen molar-refractivity contribution in [3.63, 3.8) is 0 Å². The Morgan fingerprint density at radius 1 is 1.00 bits per heavy atom. The summed E-state index contributed by atoms with van der Waals surface area (Å²) in [7, 11) is 3.06. The molecule has 1 atom stereocenters. The number of aliphatic hydroxyl groups is 1. The highest BCUT2D eigenvalue weighted by Gasteiger charge is 2.46. The van der Waals surface area contributed by atoms with E-state index in [0.717, 1.165) is 5.56 Å². The second-order valence-corrected chi connectivity index (χ2v) is 9.04. The van der Waals surface area contributed by atoms with Gasteiger partial charge in [-0.05, 0) is 57.4 Å². The van der Waals surface area contributed by atoms with Gasteiger partial charge in [0.15, 0.2) is 0 Å². The highest BCUT2D eigenvalue weighted by molar-refractivity contribution is 9.10. The molecule has 186 valence electrons. The fourth-order valence-electron chi connectivity index (χ4n) is 4.13. The maximum Gasteiger partial charge on any atom is 0.295 e. The van der Waals surface area contributed by atoms with Crippen LogP contribution in [0.5, 0.6) is 11.5 Å². The molecule has 1 saturated heterocycles. The predicted molar refractivity (Wildman–Crippen MR) is 139 cm³/mol. The second-order valence-electron chi connectivity index (χ2n) is 8.18. The van der Waals surface area contributed by atoms with E-state index >= 15 is 0 Å². The summed E-state index contributed by atoms with van der Waals surface area (Å²) >= 11 is 3.41. The number of carbonyl (C=O) groups is 2. The van der Waals surface area contributed by atoms with Gasteiger partial charge in [0.2, 0.25) is 0 Å². The van der Waals surface area contributed by atoms with Crippen LogP contribution in [0.4, 0.5) is 0 Å². The Hall–Kier alpha value is -3.62. The Balaban J connectivity index is 1.75. The summed E-state index contributed by atoms with van der Waals surface area (Å²) in [5.41, 5.74) is 2.05. The monoisotopic (exact) mass is 551 g/mol. The molecule has 1 unspecified atom stereocenters. The molecule has 3 aromatic rings. The molecule has 4 rings (SSSR count). The fourth-order valence-corrected chi connectivity index (χ4v) is 4.67. The van der Waals surface area contributed by atoms with Crippen molar-refractivity contribution in [1.82, 2.24) is 4.90 Å². The molecule has 36 heavy (non-hydrogen) atoms. The summed E-state index contributed by atoms with van der Waals surface area (Å²) in [6, 6.07) is 21.1. The van der Waals surface area contributed by atoms with E-state index in [1.54, 1.807) is 30.3 Å². The SMILES string of the molecule is COCCN1C(=O)C(=O)/C(=C(/O)c2ccc(OC)c(Br)c2)C1c1cccc(OCc2ccccc2)c1. The van der Waals surface area contributed by atoms with Gasteiger partial charge in [-0.2, -0.15) is 0 Å². The lowest BCUT2D eigenvalue weighted by atomic mass is 9.95. The number of halogens is 1. The number of hydrogen-bond donors (Lipinski definition) is 1. The molecule has 8 heteroatoms. The number of nitrogens with zero attached hydrogens (tertiary/aromatic N) is 1. The predicted octanol–water partition coefficient (Wildman–Crippen LogP) is 5.10. The van der Waals surface area contributed by atoms with E-state index in [2.05, 4.69) is 15.9 Å². The standard InChI is InChI=1S/C28H26BrNO6/c1-34-14-13-30-25(19-9-6-10-21(15-19)36-17-18-7-4-3-5-8-18)24(27(32)28(30)33)26(31)20-11-12-23(35-2)22(29)16-20/h3-12,15-16,25,31H,13-14,17H2,1-2H3/b26-24+. The summed E-state index contributed by atoms with van der Waals surface area (Å²) in [5.74, 6) is -0.553. The van der Waals surface area contributed by atoms with Crippen LogP contribution in [-0.4, -0.2) is 49.1 Å². The third-order valence-electron chi connectivity index (χ3n) is 5.92. The van der Waals surface area contributed by atoms with E-state index in [1.807, 2.05) is 42.5 Å². The molecule has 1 amide bonds. The number of Topliss-reactive ketones (excluding diaryl/α,β-unsaturated/α-hetero) is 1. The number of carbonyl (C=O) groups excluding carboxylic acids is 2. The number of aliphatic hydroxyl groups excluding tert-OH is 1. The van der Waals surface area contributed by atoms with Crippen molar-refractivity contribution in [2.24, 2.45) is 0 Å². The minimum Gasteiger partial charge on any atom is -0.507 e. The van der Waals surface area contributed by atoms with Crippen LogP contribution in [0.2, 0.25) is 0 Å².